The van der Waals surface area contributed by atoms with Crippen molar-refractivity contribution >= 4 is 11.8 Å². The van der Waals surface area contributed by atoms with Gasteiger partial charge in [0.15, 0.2) is 0 Å². The van der Waals surface area contributed by atoms with Gasteiger partial charge in [-0.15, -0.1) is 0 Å². The van der Waals surface area contributed by atoms with Crippen LogP contribution in [0.4, 0.5) is 0 Å². The molecule has 0 aromatic rings. The highest BCUT2D eigenvalue weighted by molar-refractivity contribution is 7.99. The molecule has 0 spiro atoms. The Bertz CT molecular complexity index is 146. The van der Waals surface area contributed by atoms with Gasteiger partial charge < -0.3 is 14.9 Å². The number of ether oxygens (including phenoxy) is 1. The second-order valence-electron chi connectivity index (χ2n) is 3.54. The number of thioether (sulfide) groups is 1. The zero-order chi connectivity index (χ0) is 8.55. The normalized spacial score (nSPS) is 48.5. The first-order valence-corrected chi connectivity index (χ1v) is 5.46. The van der Waals surface area contributed by atoms with Crippen LogP contribution in [-0.2, 0) is 4.74 Å². The fourth-order valence-corrected chi connectivity index (χ4v) is 3.30. The molecular weight excluding hydrogens is 176 g/mol. The molecule has 2 aliphatic heterocycles. The van der Waals surface area contributed by atoms with E-state index in [-0.39, 0.29) is 24.0 Å². The second kappa shape index (κ2) is 3.54. The van der Waals surface area contributed by atoms with Gasteiger partial charge in [0, 0.05) is 17.6 Å². The van der Waals surface area contributed by atoms with Crippen LogP contribution in [0.3, 0.4) is 0 Å². The van der Waals surface area contributed by atoms with Crippen molar-refractivity contribution in [3.63, 3.8) is 0 Å². The Morgan fingerprint density at radius 3 is 2.33 bits per heavy atom. The van der Waals surface area contributed by atoms with Crippen molar-refractivity contribution < 1.29 is 14.9 Å². The zero-order valence-electron chi connectivity index (χ0n) is 6.85. The summed E-state index contributed by atoms with van der Waals surface area (Å²) < 4.78 is 5.16. The van der Waals surface area contributed by atoms with Crippen molar-refractivity contribution in [2.45, 2.75) is 12.2 Å². The van der Waals surface area contributed by atoms with Gasteiger partial charge in [0.25, 0.3) is 0 Å². The molecule has 0 amide bonds. The van der Waals surface area contributed by atoms with Crippen LogP contribution in [0.1, 0.15) is 0 Å². The molecule has 2 N–H and O–H groups in total. The first-order chi connectivity index (χ1) is 5.79. The van der Waals surface area contributed by atoms with E-state index >= 15 is 0 Å². The lowest BCUT2D eigenvalue weighted by Gasteiger charge is -2.22. The molecule has 2 saturated heterocycles. The molecule has 3 nitrogen and oxygen atoms in total. The van der Waals surface area contributed by atoms with Crippen LogP contribution in [0.25, 0.3) is 0 Å². The minimum Gasteiger partial charge on any atom is -0.392 e. The Hall–Kier alpha value is 0.230. The van der Waals surface area contributed by atoms with E-state index in [0.29, 0.717) is 13.2 Å². The van der Waals surface area contributed by atoms with E-state index in [0.717, 1.165) is 11.5 Å². The van der Waals surface area contributed by atoms with E-state index in [1.54, 1.807) is 11.8 Å². The molecule has 2 heterocycles. The highest BCUT2D eigenvalue weighted by atomic mass is 32.2. The van der Waals surface area contributed by atoms with Gasteiger partial charge in [0.1, 0.15) is 0 Å². The van der Waals surface area contributed by atoms with Crippen molar-refractivity contribution in [3.05, 3.63) is 0 Å². The van der Waals surface area contributed by atoms with Gasteiger partial charge in [0.05, 0.1) is 25.4 Å². The van der Waals surface area contributed by atoms with Gasteiger partial charge in [-0.25, -0.2) is 0 Å². The van der Waals surface area contributed by atoms with Crippen LogP contribution in [0.2, 0.25) is 0 Å². The standard InChI is InChI=1S/C8H14O3S/c9-7-2-11-1-5(7)6-3-12-4-8(6)10/h5-10H,1-4H2. The van der Waals surface area contributed by atoms with E-state index < -0.39 is 0 Å². The maximum atomic E-state index is 9.58. The van der Waals surface area contributed by atoms with Crippen molar-refractivity contribution in [2.75, 3.05) is 24.7 Å². The van der Waals surface area contributed by atoms with E-state index in [1.165, 1.54) is 0 Å². The maximum absolute atomic E-state index is 9.58. The average Bonchev–Trinajstić information content (AvgIpc) is 2.59. The molecule has 0 bridgehead atoms. The van der Waals surface area contributed by atoms with E-state index in [2.05, 4.69) is 0 Å². The van der Waals surface area contributed by atoms with E-state index in [4.69, 9.17) is 4.74 Å². The SMILES string of the molecule is OC1COCC1C1CSCC1O. The molecule has 4 atom stereocenters. The monoisotopic (exact) mass is 190 g/mol. The van der Waals surface area contributed by atoms with Crippen molar-refractivity contribution in [1.29, 1.82) is 0 Å². The average molecular weight is 190 g/mol. The number of hydrogen-bond donors (Lipinski definition) is 2. The molecule has 4 heteroatoms. The summed E-state index contributed by atoms with van der Waals surface area (Å²) in [5.74, 6) is 2.18. The molecule has 2 rings (SSSR count). The summed E-state index contributed by atoms with van der Waals surface area (Å²) in [6, 6.07) is 0. The lowest BCUT2D eigenvalue weighted by atomic mass is 9.88. The Kier molecular flexibility index (Phi) is 2.60. The molecule has 2 aliphatic rings. The second-order valence-corrected chi connectivity index (χ2v) is 4.61. The summed E-state index contributed by atoms with van der Waals surface area (Å²) in [7, 11) is 0. The summed E-state index contributed by atoms with van der Waals surface area (Å²) in [6.07, 6.45) is -0.598. The maximum Gasteiger partial charge on any atom is 0.0827 e. The fraction of sp³-hybridized carbons (Fsp3) is 1.00. The molecule has 0 aromatic heterocycles. The molecule has 4 unspecified atom stereocenters. The third kappa shape index (κ3) is 1.48. The van der Waals surface area contributed by atoms with Gasteiger partial charge in [0.2, 0.25) is 0 Å². The van der Waals surface area contributed by atoms with Crippen LogP contribution in [0, 0.1) is 11.8 Å². The first-order valence-electron chi connectivity index (χ1n) is 4.30. The van der Waals surface area contributed by atoms with Gasteiger partial charge in [-0.1, -0.05) is 0 Å². The Labute approximate surface area is 76.1 Å². The third-order valence-corrected chi connectivity index (χ3v) is 3.93. The quantitative estimate of drug-likeness (QED) is 0.597. The predicted octanol–water partition coefficient (Wildman–Crippen LogP) is -0.282. The lowest BCUT2D eigenvalue weighted by Crippen LogP contribution is -2.33. The highest BCUT2D eigenvalue weighted by Gasteiger charge is 2.39. The Balaban J connectivity index is 1.98. The minimum absolute atomic E-state index is 0.162. The molecule has 2 fully saturated rings. The summed E-state index contributed by atoms with van der Waals surface area (Å²) in [5, 5.41) is 19.1. The number of hydrogen-bond acceptors (Lipinski definition) is 4. The van der Waals surface area contributed by atoms with E-state index in [9.17, 15) is 10.2 Å². The Morgan fingerprint density at radius 2 is 1.83 bits per heavy atom. The summed E-state index contributed by atoms with van der Waals surface area (Å²) >= 11 is 1.76. The topological polar surface area (TPSA) is 49.7 Å². The van der Waals surface area contributed by atoms with Crippen LogP contribution in [0.15, 0.2) is 0 Å². The summed E-state index contributed by atoms with van der Waals surface area (Å²) in [6.45, 7) is 1.06. The van der Waals surface area contributed by atoms with Crippen molar-refractivity contribution in [2.24, 2.45) is 11.8 Å². The molecule has 0 saturated carbocycles. The number of rotatable bonds is 1. The van der Waals surface area contributed by atoms with E-state index in [1.807, 2.05) is 0 Å². The Morgan fingerprint density at radius 1 is 1.00 bits per heavy atom. The van der Waals surface area contributed by atoms with Gasteiger partial charge in [-0.3, -0.25) is 0 Å². The van der Waals surface area contributed by atoms with Crippen LogP contribution in [-0.4, -0.2) is 47.1 Å². The third-order valence-electron chi connectivity index (χ3n) is 2.74. The smallest absolute Gasteiger partial charge is 0.0827 e. The largest absolute Gasteiger partial charge is 0.392 e. The fourth-order valence-electron chi connectivity index (χ4n) is 1.94. The summed E-state index contributed by atoms with van der Waals surface area (Å²) in [4.78, 5) is 0. The molecule has 0 radical (unpaired) electrons. The molecule has 0 aliphatic carbocycles. The minimum atomic E-state index is -0.358. The van der Waals surface area contributed by atoms with Gasteiger partial charge in [-0.05, 0) is 5.75 Å². The summed E-state index contributed by atoms with van der Waals surface area (Å²) in [5.41, 5.74) is 0. The van der Waals surface area contributed by atoms with Crippen molar-refractivity contribution in [3.8, 4) is 0 Å². The zero-order valence-corrected chi connectivity index (χ0v) is 7.67. The number of aliphatic hydroxyl groups is 2. The van der Waals surface area contributed by atoms with Crippen molar-refractivity contribution in [1.82, 2.24) is 0 Å². The van der Waals surface area contributed by atoms with Gasteiger partial charge >= 0.3 is 0 Å². The first kappa shape index (κ1) is 8.81. The lowest BCUT2D eigenvalue weighted by molar-refractivity contribution is 0.0588. The van der Waals surface area contributed by atoms with Gasteiger partial charge in [-0.2, -0.15) is 11.8 Å². The molecular formula is C8H14O3S. The molecule has 0 aromatic carbocycles. The molecule has 70 valence electrons. The predicted molar refractivity (Wildman–Crippen MR) is 47.1 cm³/mol. The van der Waals surface area contributed by atoms with Crippen LogP contribution < -0.4 is 0 Å². The number of aliphatic hydroxyl groups excluding tert-OH is 2. The highest BCUT2D eigenvalue weighted by Crippen LogP contribution is 2.34. The van der Waals surface area contributed by atoms with Crippen LogP contribution in [0.5, 0.6) is 0 Å². The molecule has 12 heavy (non-hydrogen) atoms. The van der Waals surface area contributed by atoms with Crippen LogP contribution >= 0.6 is 11.8 Å².